The maximum Gasteiger partial charge on any atom is 0.410 e. The first kappa shape index (κ1) is 39.9. The Labute approximate surface area is 331 Å². The maximum atomic E-state index is 13.1. The molecule has 0 radical (unpaired) electrons. The third-order valence-electron chi connectivity index (χ3n) is 10.5. The van der Waals surface area contributed by atoms with E-state index >= 15 is 0 Å². The lowest BCUT2D eigenvalue weighted by molar-refractivity contribution is -0.119. The normalized spacial score (nSPS) is 18.6. The molecule has 2 aliphatic rings. The highest BCUT2D eigenvalue weighted by atomic mass is 16.6. The molecule has 8 nitrogen and oxygen atoms in total. The van der Waals surface area contributed by atoms with Crippen LogP contribution >= 0.6 is 0 Å². The molecular formula is C48H53N3O5. The molecule has 0 bridgehead atoms. The number of hydrogen-bond acceptors (Lipinski definition) is 5. The van der Waals surface area contributed by atoms with E-state index in [-0.39, 0.29) is 30.0 Å². The van der Waals surface area contributed by atoms with Crippen molar-refractivity contribution < 1.29 is 24.2 Å². The van der Waals surface area contributed by atoms with Gasteiger partial charge in [-0.2, -0.15) is 0 Å². The van der Waals surface area contributed by atoms with Crippen molar-refractivity contribution in [2.24, 2.45) is 0 Å². The van der Waals surface area contributed by atoms with Gasteiger partial charge in [-0.3, -0.25) is 9.69 Å². The molecule has 56 heavy (non-hydrogen) atoms. The second-order valence-corrected chi connectivity index (χ2v) is 15.7. The zero-order chi connectivity index (χ0) is 39.7. The smallest absolute Gasteiger partial charge is 0.410 e. The summed E-state index contributed by atoms with van der Waals surface area (Å²) in [5.74, 6) is 0.00696. The van der Waals surface area contributed by atoms with Crippen LogP contribution in [0.1, 0.15) is 63.3 Å². The molecule has 5 aromatic carbocycles. The highest BCUT2D eigenvalue weighted by Crippen LogP contribution is 2.29. The lowest BCUT2D eigenvalue weighted by Crippen LogP contribution is -2.48. The van der Waals surface area contributed by atoms with Crippen molar-refractivity contribution >= 4 is 18.0 Å². The minimum Gasteiger partial charge on any atom is -0.465 e. The van der Waals surface area contributed by atoms with Gasteiger partial charge in [0.25, 0.3) is 0 Å². The number of hydrogen-bond donors (Lipinski definition) is 2. The van der Waals surface area contributed by atoms with E-state index in [9.17, 15) is 19.5 Å². The van der Waals surface area contributed by atoms with Crippen molar-refractivity contribution in [3.8, 4) is 22.3 Å². The molecule has 2 N–H and O–H groups in total. The quantitative estimate of drug-likeness (QED) is 0.156. The van der Waals surface area contributed by atoms with Gasteiger partial charge in [0.1, 0.15) is 5.60 Å². The van der Waals surface area contributed by atoms with Gasteiger partial charge in [0, 0.05) is 38.0 Å². The first-order valence-corrected chi connectivity index (χ1v) is 19.6. The third kappa shape index (κ3) is 10.5. The molecule has 4 unspecified atom stereocenters. The number of amides is 2. The summed E-state index contributed by atoms with van der Waals surface area (Å²) >= 11 is 0. The largest absolute Gasteiger partial charge is 0.465 e. The fourth-order valence-electron chi connectivity index (χ4n) is 7.67. The molecule has 5 aromatic rings. The second kappa shape index (κ2) is 18.3. The molecule has 2 amide bonds. The third-order valence-corrected chi connectivity index (χ3v) is 10.5. The molecule has 2 heterocycles. The van der Waals surface area contributed by atoms with Crippen LogP contribution in [0.5, 0.6) is 0 Å². The van der Waals surface area contributed by atoms with E-state index in [1.54, 1.807) is 0 Å². The molecule has 0 saturated carbocycles. The summed E-state index contributed by atoms with van der Waals surface area (Å²) in [5, 5.41) is 13.0. The Morgan fingerprint density at radius 3 is 1.77 bits per heavy atom. The van der Waals surface area contributed by atoms with E-state index in [0.29, 0.717) is 25.9 Å². The highest BCUT2D eigenvalue weighted by molar-refractivity contribution is 5.90. The number of rotatable bonds is 9. The minimum atomic E-state index is -1.02. The molecule has 0 spiro atoms. The Hall–Kier alpha value is -5.73. The van der Waals surface area contributed by atoms with Gasteiger partial charge < -0.3 is 20.1 Å². The SMILES string of the molecule is CC(NC1CCN(C(=O)OC(C)(C)C)C1Cc1cccc(-c2ccccc2)c1)c1ccccc1.O=C1CCN(C(=O)O)C1Cc1cccc(-c2ccccc2)c1. The predicted molar refractivity (Wildman–Crippen MR) is 222 cm³/mol. The van der Waals surface area contributed by atoms with Crippen LogP contribution < -0.4 is 5.32 Å². The van der Waals surface area contributed by atoms with E-state index in [2.05, 4.69) is 85.0 Å². The van der Waals surface area contributed by atoms with Crippen molar-refractivity contribution in [1.82, 2.24) is 15.1 Å². The number of ether oxygens (including phenoxy) is 1. The number of ketones is 1. The van der Waals surface area contributed by atoms with Crippen LogP contribution in [-0.2, 0) is 22.4 Å². The van der Waals surface area contributed by atoms with Crippen LogP contribution in [0.3, 0.4) is 0 Å². The Kier molecular flexibility index (Phi) is 13.0. The number of carbonyl (C=O) groups is 3. The summed E-state index contributed by atoms with van der Waals surface area (Å²) in [6.45, 7) is 8.96. The fourth-order valence-corrected chi connectivity index (χ4v) is 7.67. The van der Waals surface area contributed by atoms with Gasteiger partial charge in [-0.1, -0.05) is 140 Å². The van der Waals surface area contributed by atoms with E-state index < -0.39 is 17.7 Å². The topological polar surface area (TPSA) is 99.2 Å². The van der Waals surface area contributed by atoms with Crippen molar-refractivity contribution in [2.75, 3.05) is 13.1 Å². The Morgan fingerprint density at radius 2 is 1.23 bits per heavy atom. The average molecular weight is 752 g/mol. The molecule has 4 atom stereocenters. The van der Waals surface area contributed by atoms with Crippen molar-refractivity contribution in [3.05, 3.63) is 156 Å². The zero-order valence-electron chi connectivity index (χ0n) is 32.8. The summed E-state index contributed by atoms with van der Waals surface area (Å²) < 4.78 is 5.78. The average Bonchev–Trinajstić information content (AvgIpc) is 3.77. The number of benzene rings is 5. The molecule has 8 heteroatoms. The highest BCUT2D eigenvalue weighted by Gasteiger charge is 2.40. The lowest BCUT2D eigenvalue weighted by atomic mass is 9.96. The van der Waals surface area contributed by atoms with Crippen LogP contribution in [0.15, 0.2) is 140 Å². The summed E-state index contributed by atoms with van der Waals surface area (Å²) in [6, 6.07) is 47.4. The van der Waals surface area contributed by atoms with Gasteiger partial charge in [0.05, 0.1) is 12.1 Å². The van der Waals surface area contributed by atoms with Crippen LogP contribution in [0.4, 0.5) is 9.59 Å². The summed E-state index contributed by atoms with van der Waals surface area (Å²) in [4.78, 5) is 39.5. The number of nitrogens with one attached hydrogen (secondary N) is 1. The van der Waals surface area contributed by atoms with Gasteiger partial charge in [0.2, 0.25) is 0 Å². The predicted octanol–water partition coefficient (Wildman–Crippen LogP) is 9.84. The maximum absolute atomic E-state index is 13.1. The van der Waals surface area contributed by atoms with E-state index in [4.69, 9.17) is 4.74 Å². The number of likely N-dealkylation sites (tertiary alicyclic amines) is 2. The Balaban J connectivity index is 0.000000208. The summed E-state index contributed by atoms with van der Waals surface area (Å²) in [5.41, 5.74) is 7.52. The molecule has 2 aliphatic heterocycles. The molecule has 2 saturated heterocycles. The Morgan fingerprint density at radius 1 is 0.714 bits per heavy atom. The number of Topliss-reactive ketones (excluding diaryl/α,β-unsaturated/α-hetero) is 1. The Bertz CT molecular complexity index is 2070. The summed E-state index contributed by atoms with van der Waals surface area (Å²) in [6.07, 6.45) is 1.18. The monoisotopic (exact) mass is 751 g/mol. The molecule has 2 fully saturated rings. The standard InChI is InChI=1S/C30H36N2O2.C18H17NO3/c1-22(24-13-7-5-8-14-24)31-27-18-19-32(29(33)34-30(2,3)4)28(27)21-23-12-11-17-26(20-23)25-15-9-6-10-16-25;20-17-9-10-19(18(21)22)16(17)12-13-5-4-8-15(11-13)14-6-2-1-3-7-14/h5-17,20,22,27-28,31H,18-19,21H2,1-4H3;1-8,11,16H,9-10,12H2,(H,21,22). The van der Waals surface area contributed by atoms with Gasteiger partial charge in [-0.15, -0.1) is 0 Å². The first-order valence-electron chi connectivity index (χ1n) is 19.6. The number of carbonyl (C=O) groups excluding carboxylic acids is 2. The van der Waals surface area contributed by atoms with E-state index in [1.165, 1.54) is 27.2 Å². The second-order valence-electron chi connectivity index (χ2n) is 15.7. The molecule has 7 rings (SSSR count). The first-order chi connectivity index (χ1) is 26.9. The number of carboxylic acid groups (broad SMARTS) is 1. The van der Waals surface area contributed by atoms with Crippen molar-refractivity contribution in [1.29, 1.82) is 0 Å². The van der Waals surface area contributed by atoms with Crippen LogP contribution in [0, 0.1) is 0 Å². The van der Waals surface area contributed by atoms with Crippen molar-refractivity contribution in [2.45, 2.75) is 83.1 Å². The molecular weight excluding hydrogens is 699 g/mol. The molecule has 0 aromatic heterocycles. The van der Waals surface area contributed by atoms with Crippen LogP contribution in [0.25, 0.3) is 22.3 Å². The lowest BCUT2D eigenvalue weighted by Gasteiger charge is -2.32. The van der Waals surface area contributed by atoms with Gasteiger partial charge >= 0.3 is 12.2 Å². The van der Waals surface area contributed by atoms with Crippen LogP contribution in [0.2, 0.25) is 0 Å². The fraction of sp³-hybridized carbons (Fsp3) is 0.312. The zero-order valence-corrected chi connectivity index (χ0v) is 32.8. The number of nitrogens with zero attached hydrogens (tertiary/aromatic N) is 2. The summed E-state index contributed by atoms with van der Waals surface area (Å²) in [7, 11) is 0. The minimum absolute atomic E-state index is 0.00696. The van der Waals surface area contributed by atoms with Gasteiger partial charge in [0.15, 0.2) is 5.78 Å². The molecule has 290 valence electrons. The van der Waals surface area contributed by atoms with Gasteiger partial charge in [-0.25, -0.2) is 9.59 Å². The van der Waals surface area contributed by atoms with Crippen molar-refractivity contribution in [3.63, 3.8) is 0 Å². The van der Waals surface area contributed by atoms with E-state index in [1.807, 2.05) is 92.4 Å². The van der Waals surface area contributed by atoms with E-state index in [0.717, 1.165) is 29.5 Å². The van der Waals surface area contributed by atoms with Crippen LogP contribution in [-0.4, -0.2) is 69.7 Å². The molecule has 0 aliphatic carbocycles. The van der Waals surface area contributed by atoms with Gasteiger partial charge in [-0.05, 0) is 79.5 Å².